The SMILES string of the molecule is CC[C@@H](C(=O)Nc1ccccc1OC)n1nc(C)c2sc3ccccc3c2c1=O. The van der Waals surface area contributed by atoms with Crippen LogP contribution in [0.2, 0.25) is 0 Å². The van der Waals surface area contributed by atoms with Crippen molar-refractivity contribution >= 4 is 43.1 Å². The maximum absolute atomic E-state index is 13.3. The van der Waals surface area contributed by atoms with Crippen LogP contribution in [0, 0.1) is 6.92 Å². The lowest BCUT2D eigenvalue weighted by Crippen LogP contribution is -2.35. The summed E-state index contributed by atoms with van der Waals surface area (Å²) in [7, 11) is 1.55. The van der Waals surface area contributed by atoms with Crippen LogP contribution in [0.15, 0.2) is 53.3 Å². The lowest BCUT2D eigenvalue weighted by atomic mass is 10.1. The largest absolute Gasteiger partial charge is 0.495 e. The van der Waals surface area contributed by atoms with Gasteiger partial charge in [-0.25, -0.2) is 4.68 Å². The molecule has 4 aromatic rings. The number of aromatic nitrogens is 2. The van der Waals surface area contributed by atoms with Crippen molar-refractivity contribution in [1.29, 1.82) is 0 Å². The van der Waals surface area contributed by atoms with Crippen molar-refractivity contribution < 1.29 is 9.53 Å². The summed E-state index contributed by atoms with van der Waals surface area (Å²) in [6, 6.07) is 14.3. The molecule has 2 heterocycles. The zero-order valence-electron chi connectivity index (χ0n) is 16.4. The number of thiophene rings is 1. The minimum atomic E-state index is -0.728. The molecule has 0 radical (unpaired) electrons. The van der Waals surface area contributed by atoms with Crippen LogP contribution in [0.4, 0.5) is 5.69 Å². The Balaban J connectivity index is 1.81. The van der Waals surface area contributed by atoms with Crippen molar-refractivity contribution in [3.8, 4) is 5.75 Å². The molecule has 2 aromatic heterocycles. The summed E-state index contributed by atoms with van der Waals surface area (Å²) >= 11 is 1.55. The molecule has 1 amide bonds. The predicted molar refractivity (Wildman–Crippen MR) is 117 cm³/mol. The first-order valence-corrected chi connectivity index (χ1v) is 10.2. The van der Waals surface area contributed by atoms with Crippen molar-refractivity contribution in [2.24, 2.45) is 0 Å². The molecule has 1 atom stereocenters. The van der Waals surface area contributed by atoms with Gasteiger partial charge in [-0.15, -0.1) is 11.3 Å². The maximum Gasteiger partial charge on any atom is 0.276 e. The Morgan fingerprint density at radius 3 is 2.69 bits per heavy atom. The Kier molecular flexibility index (Phi) is 5.07. The van der Waals surface area contributed by atoms with Crippen LogP contribution < -0.4 is 15.6 Å². The number of anilines is 1. The summed E-state index contributed by atoms with van der Waals surface area (Å²) in [5, 5.41) is 8.90. The zero-order valence-corrected chi connectivity index (χ0v) is 17.2. The van der Waals surface area contributed by atoms with Crippen LogP contribution in [-0.2, 0) is 4.79 Å². The molecule has 0 bridgehead atoms. The molecule has 0 aliphatic rings. The van der Waals surface area contributed by atoms with Gasteiger partial charge in [0.2, 0.25) is 5.91 Å². The number of nitrogens with zero attached hydrogens (tertiary/aromatic N) is 2. The van der Waals surface area contributed by atoms with Crippen LogP contribution in [-0.4, -0.2) is 22.8 Å². The second-order valence-corrected chi connectivity index (χ2v) is 7.80. The minimum Gasteiger partial charge on any atom is -0.495 e. The molecule has 4 rings (SSSR count). The maximum atomic E-state index is 13.3. The molecular formula is C22H21N3O3S. The molecule has 0 unspecified atom stereocenters. The first kappa shape index (κ1) is 19.1. The second-order valence-electron chi connectivity index (χ2n) is 6.75. The van der Waals surface area contributed by atoms with E-state index in [0.29, 0.717) is 23.2 Å². The van der Waals surface area contributed by atoms with Crippen LogP contribution in [0.5, 0.6) is 5.75 Å². The van der Waals surface area contributed by atoms with E-state index in [1.54, 1.807) is 30.6 Å². The number of ether oxygens (including phenoxy) is 1. The number of para-hydroxylation sites is 2. The Morgan fingerprint density at radius 1 is 1.21 bits per heavy atom. The zero-order chi connectivity index (χ0) is 20.5. The molecule has 29 heavy (non-hydrogen) atoms. The number of benzene rings is 2. The van der Waals surface area contributed by atoms with Gasteiger partial charge in [-0.1, -0.05) is 37.3 Å². The monoisotopic (exact) mass is 407 g/mol. The fraction of sp³-hybridized carbons (Fsp3) is 0.227. The molecule has 0 saturated carbocycles. The standard InChI is InChI=1S/C22H21N3O3S/c1-4-16(21(26)23-15-10-6-7-11-17(15)28-3)25-22(27)19-14-9-5-8-12-18(14)29-20(19)13(2)24-25/h5-12,16H,4H2,1-3H3,(H,23,26)/t16-/m0/s1. The number of amides is 1. The summed E-state index contributed by atoms with van der Waals surface area (Å²) in [6.45, 7) is 3.74. The Bertz CT molecular complexity index is 1280. The highest BCUT2D eigenvalue weighted by Gasteiger charge is 2.25. The van der Waals surface area contributed by atoms with E-state index in [4.69, 9.17) is 4.74 Å². The summed E-state index contributed by atoms with van der Waals surface area (Å²) in [4.78, 5) is 26.4. The van der Waals surface area contributed by atoms with Gasteiger partial charge in [0.05, 0.1) is 28.6 Å². The van der Waals surface area contributed by atoms with E-state index in [-0.39, 0.29) is 11.5 Å². The van der Waals surface area contributed by atoms with Crippen molar-refractivity contribution in [3.05, 3.63) is 64.6 Å². The Hall–Kier alpha value is -3.19. The van der Waals surface area contributed by atoms with E-state index < -0.39 is 6.04 Å². The third kappa shape index (κ3) is 3.27. The van der Waals surface area contributed by atoms with E-state index in [0.717, 1.165) is 20.5 Å². The smallest absolute Gasteiger partial charge is 0.276 e. The molecule has 0 aliphatic carbocycles. The molecule has 7 heteroatoms. The van der Waals surface area contributed by atoms with E-state index in [2.05, 4.69) is 10.4 Å². The van der Waals surface area contributed by atoms with Gasteiger partial charge in [0.15, 0.2) is 0 Å². The summed E-state index contributed by atoms with van der Waals surface area (Å²) in [5.74, 6) is 0.261. The van der Waals surface area contributed by atoms with Gasteiger partial charge in [-0.2, -0.15) is 5.10 Å². The lowest BCUT2D eigenvalue weighted by molar-refractivity contribution is -0.119. The number of rotatable bonds is 5. The van der Waals surface area contributed by atoms with Gasteiger partial charge in [0, 0.05) is 10.1 Å². The van der Waals surface area contributed by atoms with Crippen molar-refractivity contribution in [2.75, 3.05) is 12.4 Å². The number of nitrogens with one attached hydrogen (secondary N) is 1. The van der Waals surface area contributed by atoms with E-state index >= 15 is 0 Å². The van der Waals surface area contributed by atoms with Gasteiger partial charge in [-0.3, -0.25) is 9.59 Å². The average molecular weight is 407 g/mol. The molecule has 0 spiro atoms. The second kappa shape index (κ2) is 7.67. The highest BCUT2D eigenvalue weighted by Crippen LogP contribution is 2.33. The normalized spacial score (nSPS) is 12.2. The van der Waals surface area contributed by atoms with Gasteiger partial charge in [-0.05, 0) is 31.5 Å². The van der Waals surface area contributed by atoms with Gasteiger partial charge in [0.1, 0.15) is 11.8 Å². The van der Waals surface area contributed by atoms with E-state index in [1.165, 1.54) is 4.68 Å². The van der Waals surface area contributed by atoms with Crippen LogP contribution in [0.3, 0.4) is 0 Å². The number of carbonyl (C=O) groups is 1. The molecule has 0 saturated heterocycles. The molecule has 2 aromatic carbocycles. The number of methoxy groups -OCH3 is 1. The number of carbonyl (C=O) groups excluding carboxylic acids is 1. The van der Waals surface area contributed by atoms with Gasteiger partial charge < -0.3 is 10.1 Å². The summed E-state index contributed by atoms with van der Waals surface area (Å²) in [6.07, 6.45) is 0.431. The molecule has 0 aliphatic heterocycles. The molecular weight excluding hydrogens is 386 g/mol. The predicted octanol–water partition coefficient (Wildman–Crippen LogP) is 4.52. The summed E-state index contributed by atoms with van der Waals surface area (Å²) in [5.41, 5.74) is 1.06. The quantitative estimate of drug-likeness (QED) is 0.528. The van der Waals surface area contributed by atoms with E-state index in [1.807, 2.05) is 50.2 Å². The molecule has 148 valence electrons. The third-order valence-electron chi connectivity index (χ3n) is 4.95. The van der Waals surface area contributed by atoms with Crippen LogP contribution in [0.1, 0.15) is 25.1 Å². The number of aryl methyl sites for hydroxylation is 1. The first-order chi connectivity index (χ1) is 14.0. The average Bonchev–Trinajstić information content (AvgIpc) is 3.13. The highest BCUT2D eigenvalue weighted by molar-refractivity contribution is 7.26. The van der Waals surface area contributed by atoms with Crippen LogP contribution in [0.25, 0.3) is 20.2 Å². The minimum absolute atomic E-state index is 0.245. The van der Waals surface area contributed by atoms with Crippen LogP contribution >= 0.6 is 11.3 Å². The fourth-order valence-electron chi connectivity index (χ4n) is 3.52. The fourth-order valence-corrected chi connectivity index (χ4v) is 4.66. The third-order valence-corrected chi connectivity index (χ3v) is 6.23. The topological polar surface area (TPSA) is 73.2 Å². The van der Waals surface area contributed by atoms with Gasteiger partial charge >= 0.3 is 0 Å². The molecule has 0 fully saturated rings. The van der Waals surface area contributed by atoms with E-state index in [9.17, 15) is 9.59 Å². The Labute approximate surface area is 171 Å². The number of hydrogen-bond acceptors (Lipinski definition) is 5. The van der Waals surface area contributed by atoms with Gasteiger partial charge in [0.25, 0.3) is 5.56 Å². The lowest BCUT2D eigenvalue weighted by Gasteiger charge is -2.18. The summed E-state index contributed by atoms with van der Waals surface area (Å²) < 4.78 is 8.53. The molecule has 6 nitrogen and oxygen atoms in total. The first-order valence-electron chi connectivity index (χ1n) is 9.39. The Morgan fingerprint density at radius 2 is 1.93 bits per heavy atom. The van der Waals surface area contributed by atoms with Crippen molar-refractivity contribution in [1.82, 2.24) is 9.78 Å². The van der Waals surface area contributed by atoms with Crippen molar-refractivity contribution in [2.45, 2.75) is 26.3 Å². The molecule has 1 N–H and O–H groups in total. The van der Waals surface area contributed by atoms with Crippen molar-refractivity contribution in [3.63, 3.8) is 0 Å². The number of fused-ring (bicyclic) bond motifs is 3. The number of hydrogen-bond donors (Lipinski definition) is 1. The highest BCUT2D eigenvalue weighted by atomic mass is 32.1.